The van der Waals surface area contributed by atoms with E-state index in [1.807, 2.05) is 6.07 Å². The molecular formula is C14H17NO3S. The van der Waals surface area contributed by atoms with Crippen molar-refractivity contribution < 1.29 is 14.4 Å². The van der Waals surface area contributed by atoms with E-state index < -0.39 is 0 Å². The largest absolute Gasteiger partial charge is 0.381 e. The van der Waals surface area contributed by atoms with E-state index in [4.69, 9.17) is 21.8 Å². The van der Waals surface area contributed by atoms with E-state index in [0.29, 0.717) is 16.2 Å². The fourth-order valence-electron chi connectivity index (χ4n) is 3.22. The summed E-state index contributed by atoms with van der Waals surface area (Å²) in [5.41, 5.74) is 0.350. The second-order valence-corrected chi connectivity index (χ2v) is 6.06. The van der Waals surface area contributed by atoms with Crippen LogP contribution in [-0.2, 0) is 9.53 Å². The lowest BCUT2D eigenvalue weighted by atomic mass is 9.51. The van der Waals surface area contributed by atoms with Crippen LogP contribution in [0.25, 0.3) is 0 Å². The number of hydrogen-bond acceptors (Lipinski definition) is 4. The van der Waals surface area contributed by atoms with Gasteiger partial charge >= 0.3 is 5.97 Å². The van der Waals surface area contributed by atoms with Crippen molar-refractivity contribution >= 4 is 18.2 Å². The topological polar surface area (TPSA) is 40.5 Å². The van der Waals surface area contributed by atoms with Crippen molar-refractivity contribution in [1.29, 1.82) is 0 Å². The van der Waals surface area contributed by atoms with E-state index >= 15 is 0 Å². The zero-order valence-electron chi connectivity index (χ0n) is 10.9. The number of carbonyl (C=O) groups excluding carboxylic acids is 1. The molecule has 1 heterocycles. The molecule has 0 bridgehead atoms. The van der Waals surface area contributed by atoms with Gasteiger partial charge in [-0.1, -0.05) is 18.3 Å². The first-order valence-corrected chi connectivity index (χ1v) is 6.95. The molecule has 2 saturated carbocycles. The number of nitrogens with zero attached hydrogens (tertiary/aromatic N) is 1. The lowest BCUT2D eigenvalue weighted by molar-refractivity contribution is -0.172. The molecule has 0 unspecified atom stereocenters. The minimum atomic E-state index is -0.172. The second-order valence-electron chi connectivity index (χ2n) is 5.65. The van der Waals surface area contributed by atoms with E-state index in [1.165, 1.54) is 4.73 Å². The number of methoxy groups -OCH3 is 1. The molecule has 1 aromatic heterocycles. The maximum atomic E-state index is 12.0. The van der Waals surface area contributed by atoms with Crippen LogP contribution in [0, 0.1) is 16.0 Å². The van der Waals surface area contributed by atoms with Crippen molar-refractivity contribution in [2.45, 2.75) is 31.8 Å². The number of carbonyl (C=O) groups is 1. The Morgan fingerprint density at radius 3 is 2.74 bits per heavy atom. The Morgan fingerprint density at radius 1 is 1.37 bits per heavy atom. The SMILES string of the molecule is COC1CC2(C1)CC(C(=O)On1ccccc1=S)C2. The number of pyridine rings is 1. The molecule has 4 nitrogen and oxygen atoms in total. The first-order chi connectivity index (χ1) is 9.12. The third-order valence-corrected chi connectivity index (χ3v) is 4.64. The summed E-state index contributed by atoms with van der Waals surface area (Å²) < 4.78 is 7.16. The summed E-state index contributed by atoms with van der Waals surface area (Å²) in [7, 11) is 1.75. The van der Waals surface area contributed by atoms with Crippen molar-refractivity contribution in [2.75, 3.05) is 7.11 Å². The van der Waals surface area contributed by atoms with E-state index in [-0.39, 0.29) is 11.9 Å². The maximum Gasteiger partial charge on any atom is 0.336 e. The Labute approximate surface area is 117 Å². The van der Waals surface area contributed by atoms with Crippen LogP contribution < -0.4 is 4.84 Å². The molecule has 19 heavy (non-hydrogen) atoms. The Balaban J connectivity index is 1.54. The molecular weight excluding hydrogens is 262 g/mol. The van der Waals surface area contributed by atoms with Crippen LogP contribution in [0.4, 0.5) is 0 Å². The van der Waals surface area contributed by atoms with Crippen molar-refractivity contribution in [3.8, 4) is 0 Å². The number of hydrogen-bond donors (Lipinski definition) is 0. The molecule has 3 rings (SSSR count). The molecule has 1 aromatic rings. The lowest BCUT2D eigenvalue weighted by Gasteiger charge is -2.56. The van der Waals surface area contributed by atoms with Gasteiger partial charge < -0.3 is 9.57 Å². The first-order valence-electron chi connectivity index (χ1n) is 6.55. The molecule has 2 aliphatic carbocycles. The standard InChI is InChI=1S/C14H17NO3S/c1-17-11-8-14(9-11)6-10(7-14)13(16)18-15-5-3-2-4-12(15)19/h2-5,10-11H,6-9H2,1H3. The predicted octanol–water partition coefficient (Wildman–Crippen LogP) is 2.38. The quantitative estimate of drug-likeness (QED) is 0.797. The molecule has 0 radical (unpaired) electrons. The highest BCUT2D eigenvalue weighted by Gasteiger charge is 2.55. The minimum absolute atomic E-state index is 0.0138. The van der Waals surface area contributed by atoms with E-state index in [0.717, 1.165) is 25.7 Å². The molecule has 5 heteroatoms. The van der Waals surface area contributed by atoms with Gasteiger partial charge in [0.1, 0.15) is 4.64 Å². The van der Waals surface area contributed by atoms with Gasteiger partial charge in [-0.3, -0.25) is 0 Å². The molecule has 0 N–H and O–H groups in total. The lowest BCUT2D eigenvalue weighted by Crippen LogP contribution is -2.53. The van der Waals surface area contributed by atoms with Crippen molar-refractivity contribution in [3.63, 3.8) is 0 Å². The van der Waals surface area contributed by atoms with E-state index in [1.54, 1.807) is 25.4 Å². The Hall–Kier alpha value is -1.20. The second kappa shape index (κ2) is 4.72. The van der Waals surface area contributed by atoms with Gasteiger partial charge in [0.15, 0.2) is 0 Å². The molecule has 0 saturated heterocycles. The van der Waals surface area contributed by atoms with E-state index in [2.05, 4.69) is 0 Å². The zero-order chi connectivity index (χ0) is 13.5. The average molecular weight is 279 g/mol. The third-order valence-electron chi connectivity index (χ3n) is 4.32. The molecule has 0 amide bonds. The molecule has 2 aliphatic rings. The van der Waals surface area contributed by atoms with Crippen LogP contribution in [0.1, 0.15) is 25.7 Å². The average Bonchev–Trinajstić information content (AvgIpc) is 2.29. The summed E-state index contributed by atoms with van der Waals surface area (Å²) in [6.07, 6.45) is 6.06. The van der Waals surface area contributed by atoms with Crippen LogP contribution in [0.5, 0.6) is 0 Å². The summed E-state index contributed by atoms with van der Waals surface area (Å²) in [6, 6.07) is 5.35. The van der Waals surface area contributed by atoms with Gasteiger partial charge in [0, 0.05) is 13.3 Å². The molecule has 1 spiro atoms. The van der Waals surface area contributed by atoms with Crippen molar-refractivity contribution in [2.24, 2.45) is 11.3 Å². The van der Waals surface area contributed by atoms with Gasteiger partial charge in [0.2, 0.25) is 0 Å². The molecule has 0 aromatic carbocycles. The van der Waals surface area contributed by atoms with Crippen LogP contribution in [-0.4, -0.2) is 23.9 Å². The monoisotopic (exact) mass is 279 g/mol. The first kappa shape index (κ1) is 12.8. The molecule has 102 valence electrons. The maximum absolute atomic E-state index is 12.0. The highest BCUT2D eigenvalue weighted by Crippen LogP contribution is 2.59. The Kier molecular flexibility index (Phi) is 3.19. The summed E-state index contributed by atoms with van der Waals surface area (Å²) >= 11 is 5.09. The number of rotatable bonds is 3. The molecule has 0 atom stereocenters. The number of aromatic nitrogens is 1. The minimum Gasteiger partial charge on any atom is -0.381 e. The van der Waals surface area contributed by atoms with E-state index in [9.17, 15) is 4.79 Å². The van der Waals surface area contributed by atoms with Gasteiger partial charge in [0.25, 0.3) is 0 Å². The van der Waals surface area contributed by atoms with Gasteiger partial charge in [-0.25, -0.2) is 4.79 Å². The highest BCUT2D eigenvalue weighted by molar-refractivity contribution is 7.71. The summed E-state index contributed by atoms with van der Waals surface area (Å²) in [4.78, 5) is 17.3. The fraction of sp³-hybridized carbons (Fsp3) is 0.571. The smallest absolute Gasteiger partial charge is 0.336 e. The van der Waals surface area contributed by atoms with Gasteiger partial charge in [-0.15, -0.1) is 0 Å². The van der Waals surface area contributed by atoms with Crippen molar-refractivity contribution in [3.05, 3.63) is 29.0 Å². The van der Waals surface area contributed by atoms with Crippen LogP contribution in [0.3, 0.4) is 0 Å². The summed E-state index contributed by atoms with van der Waals surface area (Å²) in [5.74, 6) is -0.159. The molecule has 0 aliphatic heterocycles. The van der Waals surface area contributed by atoms with Crippen molar-refractivity contribution in [1.82, 2.24) is 4.73 Å². The summed E-state index contributed by atoms with van der Waals surface area (Å²) in [5, 5.41) is 0. The number of ether oxygens (including phenoxy) is 1. The van der Waals surface area contributed by atoms with Crippen LogP contribution in [0.15, 0.2) is 24.4 Å². The predicted molar refractivity (Wildman–Crippen MR) is 72.0 cm³/mol. The van der Waals surface area contributed by atoms with Crippen LogP contribution >= 0.6 is 12.2 Å². The highest BCUT2D eigenvalue weighted by atomic mass is 32.1. The van der Waals surface area contributed by atoms with Gasteiger partial charge in [-0.2, -0.15) is 4.73 Å². The summed E-state index contributed by atoms with van der Waals surface area (Å²) in [6.45, 7) is 0. The fourth-order valence-corrected chi connectivity index (χ4v) is 3.39. The van der Waals surface area contributed by atoms with Gasteiger partial charge in [-0.05, 0) is 43.2 Å². The zero-order valence-corrected chi connectivity index (χ0v) is 11.7. The normalized spacial score (nSPS) is 32.5. The molecule has 2 fully saturated rings. The third kappa shape index (κ3) is 2.32. The van der Waals surface area contributed by atoms with Gasteiger partial charge in [0.05, 0.1) is 12.0 Å². The van der Waals surface area contributed by atoms with Crippen LogP contribution in [0.2, 0.25) is 0 Å². The Morgan fingerprint density at radius 2 is 2.11 bits per heavy atom. The Bertz CT molecular complexity index is 540.